The summed E-state index contributed by atoms with van der Waals surface area (Å²) in [7, 11) is 1.48. The molecule has 33 heavy (non-hydrogen) atoms. The Labute approximate surface area is 196 Å². The van der Waals surface area contributed by atoms with E-state index in [4.69, 9.17) is 26.8 Å². The largest absolute Gasteiger partial charge is 0.493 e. The maximum atomic E-state index is 12.5. The molecule has 0 radical (unpaired) electrons. The number of anilines is 1. The van der Waals surface area contributed by atoms with Gasteiger partial charge in [-0.25, -0.2) is 0 Å². The van der Waals surface area contributed by atoms with Gasteiger partial charge in [0.2, 0.25) is 5.91 Å². The first kappa shape index (κ1) is 23.9. The number of nitrogens with two attached hydrogens (primary N) is 1. The summed E-state index contributed by atoms with van der Waals surface area (Å²) < 4.78 is 12.4. The van der Waals surface area contributed by atoms with Crippen LogP contribution < -0.4 is 20.5 Å². The number of ether oxygens (including phenoxy) is 2. The van der Waals surface area contributed by atoms with Crippen LogP contribution in [0.3, 0.4) is 0 Å². The lowest BCUT2D eigenvalue weighted by Gasteiger charge is -2.11. The fraction of sp³-hybridized carbons (Fsp3) is 0.208. The molecule has 0 saturated carbocycles. The number of nitrogens with one attached hydrogen (secondary N) is 1. The molecule has 2 amide bonds. The molecule has 8 nitrogen and oxygen atoms in total. The van der Waals surface area contributed by atoms with Gasteiger partial charge in [0.15, 0.2) is 18.1 Å². The number of amides is 2. The number of benzene rings is 2. The van der Waals surface area contributed by atoms with Crippen LogP contribution in [-0.4, -0.2) is 35.3 Å². The van der Waals surface area contributed by atoms with Gasteiger partial charge >= 0.3 is 0 Å². The van der Waals surface area contributed by atoms with E-state index in [1.165, 1.54) is 13.2 Å². The topological polar surface area (TPSA) is 108 Å². The van der Waals surface area contributed by atoms with E-state index in [1.54, 1.807) is 24.3 Å². The predicted octanol–water partition coefficient (Wildman–Crippen LogP) is 3.73. The summed E-state index contributed by atoms with van der Waals surface area (Å²) in [5.74, 6) is -0.235. The Hall–Kier alpha value is -3.78. The smallest absolute Gasteiger partial charge is 0.255 e. The van der Waals surface area contributed by atoms with Gasteiger partial charge < -0.3 is 20.5 Å². The van der Waals surface area contributed by atoms with Gasteiger partial charge in [0.1, 0.15) is 0 Å². The van der Waals surface area contributed by atoms with Crippen LogP contribution in [0.4, 0.5) is 5.69 Å². The fourth-order valence-corrected chi connectivity index (χ4v) is 3.45. The van der Waals surface area contributed by atoms with E-state index >= 15 is 0 Å². The Morgan fingerprint density at radius 2 is 1.94 bits per heavy atom. The highest BCUT2D eigenvalue weighted by Crippen LogP contribution is 2.30. The van der Waals surface area contributed by atoms with Crippen LogP contribution in [0.25, 0.3) is 6.08 Å². The summed E-state index contributed by atoms with van der Waals surface area (Å²) in [6.07, 6.45) is 3.16. The number of aromatic nitrogens is 2. The first-order valence-electron chi connectivity index (χ1n) is 10.1. The lowest BCUT2D eigenvalue weighted by Crippen LogP contribution is -2.20. The van der Waals surface area contributed by atoms with E-state index in [2.05, 4.69) is 10.4 Å². The molecule has 2 aromatic carbocycles. The SMILES string of the molecule is COc1ccc(NC(=O)/C=C/c2c(C)nn(Cc3ccccc3Cl)c2C)cc1OCC(N)=O. The zero-order valence-corrected chi connectivity index (χ0v) is 19.3. The van der Waals surface area contributed by atoms with Crippen molar-refractivity contribution < 1.29 is 19.1 Å². The predicted molar refractivity (Wildman–Crippen MR) is 128 cm³/mol. The highest BCUT2D eigenvalue weighted by Gasteiger charge is 2.12. The number of halogens is 1. The van der Waals surface area contributed by atoms with Gasteiger partial charge in [-0.3, -0.25) is 14.3 Å². The van der Waals surface area contributed by atoms with Crippen LogP contribution in [-0.2, 0) is 16.1 Å². The van der Waals surface area contributed by atoms with Gasteiger partial charge in [0.25, 0.3) is 5.91 Å². The number of carbonyl (C=O) groups is 2. The summed E-state index contributed by atoms with van der Waals surface area (Å²) in [5.41, 5.74) is 9.15. The zero-order chi connectivity index (χ0) is 24.0. The minimum atomic E-state index is -0.616. The Balaban J connectivity index is 1.72. The van der Waals surface area contributed by atoms with Crippen molar-refractivity contribution in [2.24, 2.45) is 5.73 Å². The molecule has 3 aromatic rings. The number of aryl methyl sites for hydroxylation is 1. The lowest BCUT2D eigenvalue weighted by molar-refractivity contribution is -0.120. The van der Waals surface area contributed by atoms with Crippen LogP contribution >= 0.6 is 11.6 Å². The molecule has 0 aliphatic heterocycles. The number of hydrogen-bond acceptors (Lipinski definition) is 5. The van der Waals surface area contributed by atoms with Crippen LogP contribution in [0.15, 0.2) is 48.5 Å². The molecule has 0 aliphatic carbocycles. The molecule has 0 atom stereocenters. The molecule has 0 saturated heterocycles. The molecule has 0 bridgehead atoms. The Bertz CT molecular complexity index is 1200. The number of hydrogen-bond donors (Lipinski definition) is 2. The van der Waals surface area contributed by atoms with Crippen molar-refractivity contribution in [2.75, 3.05) is 19.0 Å². The van der Waals surface area contributed by atoms with E-state index in [0.717, 1.165) is 22.5 Å². The molecule has 0 spiro atoms. The van der Waals surface area contributed by atoms with Crippen molar-refractivity contribution in [2.45, 2.75) is 20.4 Å². The van der Waals surface area contributed by atoms with Gasteiger partial charge in [0.05, 0.1) is 19.3 Å². The van der Waals surface area contributed by atoms with Gasteiger partial charge in [0, 0.05) is 34.1 Å². The van der Waals surface area contributed by atoms with E-state index in [0.29, 0.717) is 28.8 Å². The summed E-state index contributed by atoms with van der Waals surface area (Å²) in [6, 6.07) is 12.5. The minimum absolute atomic E-state index is 0.297. The third kappa shape index (κ3) is 6.14. The van der Waals surface area contributed by atoms with Crippen molar-refractivity contribution in [3.63, 3.8) is 0 Å². The van der Waals surface area contributed by atoms with Crippen molar-refractivity contribution in [3.8, 4) is 11.5 Å². The Morgan fingerprint density at radius 1 is 1.18 bits per heavy atom. The van der Waals surface area contributed by atoms with Crippen LogP contribution in [0.2, 0.25) is 5.02 Å². The van der Waals surface area contributed by atoms with E-state index in [9.17, 15) is 9.59 Å². The molecule has 0 aliphatic rings. The molecule has 1 aromatic heterocycles. The van der Waals surface area contributed by atoms with Gasteiger partial charge in [-0.15, -0.1) is 0 Å². The monoisotopic (exact) mass is 468 g/mol. The summed E-state index contributed by atoms with van der Waals surface area (Å²) in [4.78, 5) is 23.5. The second-order valence-corrected chi connectivity index (χ2v) is 7.68. The maximum Gasteiger partial charge on any atom is 0.255 e. The molecule has 1 heterocycles. The molecule has 3 N–H and O–H groups in total. The van der Waals surface area contributed by atoms with Crippen molar-refractivity contribution in [1.29, 1.82) is 0 Å². The minimum Gasteiger partial charge on any atom is -0.493 e. The van der Waals surface area contributed by atoms with Gasteiger partial charge in [-0.2, -0.15) is 5.10 Å². The number of primary amides is 1. The molecular formula is C24H25ClN4O4. The number of carbonyl (C=O) groups excluding carboxylic acids is 2. The highest BCUT2D eigenvalue weighted by molar-refractivity contribution is 6.31. The van der Waals surface area contributed by atoms with E-state index in [-0.39, 0.29) is 12.5 Å². The normalized spacial score (nSPS) is 10.9. The van der Waals surface area contributed by atoms with Crippen LogP contribution in [0, 0.1) is 13.8 Å². The summed E-state index contributed by atoms with van der Waals surface area (Å²) in [5, 5.41) is 8.02. The lowest BCUT2D eigenvalue weighted by atomic mass is 10.1. The van der Waals surface area contributed by atoms with Crippen LogP contribution in [0.1, 0.15) is 22.5 Å². The van der Waals surface area contributed by atoms with Crippen LogP contribution in [0.5, 0.6) is 11.5 Å². The quantitative estimate of drug-likeness (QED) is 0.465. The van der Waals surface area contributed by atoms with E-state index < -0.39 is 5.91 Å². The number of rotatable bonds is 9. The first-order chi connectivity index (χ1) is 15.8. The molecule has 0 fully saturated rings. The fourth-order valence-electron chi connectivity index (χ4n) is 3.25. The second kappa shape index (κ2) is 10.7. The second-order valence-electron chi connectivity index (χ2n) is 7.28. The Kier molecular flexibility index (Phi) is 7.74. The molecule has 0 unspecified atom stereocenters. The summed E-state index contributed by atoms with van der Waals surface area (Å²) in [6.45, 7) is 4.07. The van der Waals surface area contributed by atoms with Crippen molar-refractivity contribution >= 4 is 35.2 Å². The maximum absolute atomic E-state index is 12.5. The standard InChI is InChI=1S/C24H25ClN4O4/c1-15-19(16(2)29(28-15)13-17-6-4-5-7-20(17)25)9-11-24(31)27-18-8-10-21(32-3)22(12-18)33-14-23(26)30/h4-12H,13-14H2,1-3H3,(H2,26,30)(H,27,31)/b11-9+. The average molecular weight is 469 g/mol. The third-order valence-corrected chi connectivity index (χ3v) is 5.29. The number of methoxy groups -OCH3 is 1. The molecule has 172 valence electrons. The molecule has 9 heteroatoms. The Morgan fingerprint density at radius 3 is 2.64 bits per heavy atom. The first-order valence-corrected chi connectivity index (χ1v) is 10.5. The van der Waals surface area contributed by atoms with Crippen molar-refractivity contribution in [3.05, 3.63) is 76.1 Å². The number of nitrogens with zero attached hydrogens (tertiary/aromatic N) is 2. The van der Waals surface area contributed by atoms with E-state index in [1.807, 2.05) is 42.8 Å². The highest BCUT2D eigenvalue weighted by atomic mass is 35.5. The van der Waals surface area contributed by atoms with Crippen molar-refractivity contribution in [1.82, 2.24) is 9.78 Å². The third-order valence-electron chi connectivity index (χ3n) is 4.92. The van der Waals surface area contributed by atoms with Gasteiger partial charge in [-0.05, 0) is 43.7 Å². The van der Waals surface area contributed by atoms with Gasteiger partial charge in [-0.1, -0.05) is 29.8 Å². The average Bonchev–Trinajstić information content (AvgIpc) is 3.04. The molecular weight excluding hydrogens is 444 g/mol. The zero-order valence-electron chi connectivity index (χ0n) is 18.6. The molecule has 3 rings (SSSR count). The summed E-state index contributed by atoms with van der Waals surface area (Å²) >= 11 is 6.27.